The molecule has 0 radical (unpaired) electrons. The predicted molar refractivity (Wildman–Crippen MR) is 102 cm³/mol. The van der Waals surface area contributed by atoms with Crippen molar-refractivity contribution in [2.75, 3.05) is 11.3 Å². The number of sulfonamides is 1. The van der Waals surface area contributed by atoms with Gasteiger partial charge in [-0.25, -0.2) is 13.4 Å². The Kier molecular flexibility index (Phi) is 5.65. The maximum absolute atomic E-state index is 12.3. The van der Waals surface area contributed by atoms with Gasteiger partial charge >= 0.3 is 0 Å². The molecule has 0 saturated heterocycles. The van der Waals surface area contributed by atoms with Crippen LogP contribution in [0.3, 0.4) is 0 Å². The SMILES string of the molecule is O=C(NCCc1ccccc1)c1csc(NS(=O)(=O)c2ccccc2)n1. The van der Waals surface area contributed by atoms with E-state index in [4.69, 9.17) is 0 Å². The van der Waals surface area contributed by atoms with Crippen LogP contribution in [-0.2, 0) is 16.4 Å². The van der Waals surface area contributed by atoms with Gasteiger partial charge in [-0.3, -0.25) is 9.52 Å². The lowest BCUT2D eigenvalue weighted by Crippen LogP contribution is -2.26. The summed E-state index contributed by atoms with van der Waals surface area (Å²) in [4.78, 5) is 16.3. The topological polar surface area (TPSA) is 88.2 Å². The van der Waals surface area contributed by atoms with Crippen LogP contribution in [0.25, 0.3) is 0 Å². The van der Waals surface area contributed by atoms with E-state index in [1.165, 1.54) is 17.5 Å². The molecular weight excluding hydrogens is 370 g/mol. The molecule has 8 heteroatoms. The second kappa shape index (κ2) is 8.11. The molecule has 0 bridgehead atoms. The normalized spacial score (nSPS) is 11.1. The summed E-state index contributed by atoms with van der Waals surface area (Å²) < 4.78 is 26.9. The summed E-state index contributed by atoms with van der Waals surface area (Å²) in [7, 11) is -3.71. The van der Waals surface area contributed by atoms with Gasteiger partial charge in [0.05, 0.1) is 4.90 Å². The molecule has 0 saturated carbocycles. The number of hydrogen-bond donors (Lipinski definition) is 2. The molecule has 3 aromatic rings. The summed E-state index contributed by atoms with van der Waals surface area (Å²) >= 11 is 1.07. The highest BCUT2D eigenvalue weighted by molar-refractivity contribution is 7.93. The first-order valence-corrected chi connectivity index (χ1v) is 10.3. The van der Waals surface area contributed by atoms with Crippen molar-refractivity contribution in [2.24, 2.45) is 0 Å². The molecule has 0 fully saturated rings. The van der Waals surface area contributed by atoms with Crippen LogP contribution in [0.4, 0.5) is 5.13 Å². The number of thiazole rings is 1. The molecule has 1 aromatic heterocycles. The fourth-order valence-corrected chi connectivity index (χ4v) is 4.22. The van der Waals surface area contributed by atoms with Crippen molar-refractivity contribution < 1.29 is 13.2 Å². The number of rotatable bonds is 7. The van der Waals surface area contributed by atoms with E-state index in [1.54, 1.807) is 18.2 Å². The highest BCUT2D eigenvalue weighted by Gasteiger charge is 2.17. The van der Waals surface area contributed by atoms with Gasteiger partial charge in [-0.15, -0.1) is 11.3 Å². The molecule has 0 unspecified atom stereocenters. The monoisotopic (exact) mass is 387 g/mol. The number of hydrogen-bond acceptors (Lipinski definition) is 5. The molecule has 0 aliphatic rings. The first-order valence-electron chi connectivity index (χ1n) is 7.90. The van der Waals surface area contributed by atoms with Gasteiger partial charge in [0.2, 0.25) is 0 Å². The summed E-state index contributed by atoms with van der Waals surface area (Å²) in [6.07, 6.45) is 0.713. The lowest BCUT2D eigenvalue weighted by molar-refractivity contribution is 0.0950. The fraction of sp³-hybridized carbons (Fsp3) is 0.111. The van der Waals surface area contributed by atoms with Crippen LogP contribution in [0.15, 0.2) is 70.9 Å². The lowest BCUT2D eigenvalue weighted by Gasteiger charge is -2.05. The van der Waals surface area contributed by atoms with Crippen LogP contribution in [0, 0.1) is 0 Å². The van der Waals surface area contributed by atoms with Gasteiger partial charge in [0.25, 0.3) is 15.9 Å². The standard InChI is InChI=1S/C18H17N3O3S2/c22-17(19-12-11-14-7-3-1-4-8-14)16-13-25-18(20-16)21-26(23,24)15-9-5-2-6-10-15/h1-10,13H,11-12H2,(H,19,22)(H,20,21). The van der Waals surface area contributed by atoms with E-state index in [1.807, 2.05) is 30.3 Å². The van der Waals surface area contributed by atoms with Crippen molar-refractivity contribution in [3.05, 3.63) is 77.3 Å². The molecule has 2 aromatic carbocycles. The Hall–Kier alpha value is -2.71. The molecule has 2 N–H and O–H groups in total. The van der Waals surface area contributed by atoms with E-state index >= 15 is 0 Å². The van der Waals surface area contributed by atoms with Crippen molar-refractivity contribution >= 4 is 32.4 Å². The molecule has 0 aliphatic heterocycles. The molecule has 26 heavy (non-hydrogen) atoms. The molecule has 0 atom stereocenters. The van der Waals surface area contributed by atoms with Crippen LogP contribution in [-0.4, -0.2) is 25.9 Å². The van der Waals surface area contributed by atoms with Gasteiger partial charge in [0.15, 0.2) is 5.13 Å². The third kappa shape index (κ3) is 4.68. The smallest absolute Gasteiger partial charge is 0.270 e. The Morgan fingerprint density at radius 2 is 1.65 bits per heavy atom. The molecule has 0 aliphatic carbocycles. The third-order valence-electron chi connectivity index (χ3n) is 3.55. The maximum Gasteiger partial charge on any atom is 0.270 e. The van der Waals surface area contributed by atoms with Gasteiger partial charge < -0.3 is 5.32 Å². The predicted octanol–water partition coefficient (Wildman–Crippen LogP) is 2.92. The van der Waals surface area contributed by atoms with Crippen LogP contribution in [0.5, 0.6) is 0 Å². The van der Waals surface area contributed by atoms with E-state index in [0.717, 1.165) is 16.9 Å². The minimum atomic E-state index is -3.71. The molecule has 3 rings (SSSR count). The van der Waals surface area contributed by atoms with E-state index in [0.29, 0.717) is 13.0 Å². The number of aromatic nitrogens is 1. The fourth-order valence-electron chi connectivity index (χ4n) is 2.25. The largest absolute Gasteiger partial charge is 0.350 e. The average molecular weight is 387 g/mol. The van der Waals surface area contributed by atoms with Crippen molar-refractivity contribution in [3.8, 4) is 0 Å². The van der Waals surface area contributed by atoms with E-state index in [2.05, 4.69) is 15.0 Å². The highest BCUT2D eigenvalue weighted by atomic mass is 32.2. The van der Waals surface area contributed by atoms with Crippen LogP contribution in [0.1, 0.15) is 16.1 Å². The first-order chi connectivity index (χ1) is 12.5. The Morgan fingerprint density at radius 3 is 2.35 bits per heavy atom. The quantitative estimate of drug-likeness (QED) is 0.652. The highest BCUT2D eigenvalue weighted by Crippen LogP contribution is 2.20. The average Bonchev–Trinajstić information content (AvgIpc) is 3.11. The zero-order valence-corrected chi connectivity index (χ0v) is 15.4. The zero-order valence-electron chi connectivity index (χ0n) is 13.8. The van der Waals surface area contributed by atoms with E-state index in [-0.39, 0.29) is 21.6 Å². The Morgan fingerprint density at radius 1 is 1.00 bits per heavy atom. The summed E-state index contributed by atoms with van der Waals surface area (Å²) in [6, 6.07) is 17.8. The molecule has 6 nitrogen and oxygen atoms in total. The summed E-state index contributed by atoms with van der Waals surface area (Å²) in [6.45, 7) is 0.478. The maximum atomic E-state index is 12.3. The third-order valence-corrected chi connectivity index (χ3v) is 5.80. The van der Waals surface area contributed by atoms with E-state index in [9.17, 15) is 13.2 Å². The summed E-state index contributed by atoms with van der Waals surface area (Å²) in [5.41, 5.74) is 1.32. The van der Waals surface area contributed by atoms with Crippen molar-refractivity contribution in [2.45, 2.75) is 11.3 Å². The lowest BCUT2D eigenvalue weighted by atomic mass is 10.1. The van der Waals surface area contributed by atoms with Gasteiger partial charge in [-0.2, -0.15) is 0 Å². The van der Waals surface area contributed by atoms with Gasteiger partial charge in [0, 0.05) is 11.9 Å². The molecule has 134 valence electrons. The Labute approximate surface area is 156 Å². The van der Waals surface area contributed by atoms with E-state index < -0.39 is 10.0 Å². The second-order valence-corrected chi connectivity index (χ2v) is 7.99. The number of carbonyl (C=O) groups excluding carboxylic acids is 1. The minimum Gasteiger partial charge on any atom is -0.350 e. The molecular formula is C18H17N3O3S2. The second-order valence-electron chi connectivity index (χ2n) is 5.45. The molecule has 0 spiro atoms. The number of benzene rings is 2. The van der Waals surface area contributed by atoms with Crippen molar-refractivity contribution in [1.29, 1.82) is 0 Å². The number of amides is 1. The summed E-state index contributed by atoms with van der Waals surface area (Å²) in [5, 5.41) is 4.47. The van der Waals surface area contributed by atoms with Gasteiger partial charge in [-0.05, 0) is 24.1 Å². The van der Waals surface area contributed by atoms with Crippen molar-refractivity contribution in [1.82, 2.24) is 10.3 Å². The number of nitrogens with one attached hydrogen (secondary N) is 2. The number of carbonyl (C=O) groups is 1. The Balaban J connectivity index is 1.58. The van der Waals surface area contributed by atoms with Crippen LogP contribution in [0.2, 0.25) is 0 Å². The van der Waals surface area contributed by atoms with Gasteiger partial charge in [0.1, 0.15) is 5.69 Å². The zero-order chi connectivity index (χ0) is 18.4. The van der Waals surface area contributed by atoms with Gasteiger partial charge in [-0.1, -0.05) is 48.5 Å². The molecule has 1 amide bonds. The molecule has 1 heterocycles. The summed E-state index contributed by atoms with van der Waals surface area (Å²) in [5.74, 6) is -0.331. The number of anilines is 1. The Bertz CT molecular complexity index is 971. The van der Waals surface area contributed by atoms with Crippen molar-refractivity contribution in [3.63, 3.8) is 0 Å². The van der Waals surface area contributed by atoms with Crippen LogP contribution >= 0.6 is 11.3 Å². The minimum absolute atomic E-state index is 0.143. The number of nitrogens with zero attached hydrogens (tertiary/aromatic N) is 1. The first kappa shape index (κ1) is 18.1. The van der Waals surface area contributed by atoms with Crippen LogP contribution < -0.4 is 10.0 Å².